The van der Waals surface area contributed by atoms with Crippen LogP contribution in [0.25, 0.3) is 0 Å². The normalized spacial score (nSPS) is 12.7. The van der Waals surface area contributed by atoms with Crippen LogP contribution in [0, 0.1) is 18.6 Å². The summed E-state index contributed by atoms with van der Waals surface area (Å²) in [6, 6.07) is 3.78. The molecular formula is C14H14ClF2NS. The SMILES string of the molecule is CCNC(c1cccc(F)c1F)c1scc(C)c1Cl. The largest absolute Gasteiger partial charge is 0.306 e. The minimum Gasteiger partial charge on any atom is -0.306 e. The molecule has 102 valence electrons. The van der Waals surface area contributed by atoms with E-state index in [9.17, 15) is 8.78 Å². The molecule has 1 atom stereocenters. The zero-order valence-corrected chi connectivity index (χ0v) is 12.2. The Labute approximate surface area is 120 Å². The lowest BCUT2D eigenvalue weighted by atomic mass is 10.0. The molecule has 0 saturated carbocycles. The molecule has 2 aromatic rings. The first kappa shape index (κ1) is 14.4. The number of aryl methyl sites for hydroxylation is 1. The van der Waals surface area contributed by atoms with E-state index in [1.165, 1.54) is 17.4 Å². The van der Waals surface area contributed by atoms with Gasteiger partial charge in [0.1, 0.15) is 0 Å². The first-order valence-electron chi connectivity index (χ1n) is 5.97. The van der Waals surface area contributed by atoms with Crippen LogP contribution in [0.2, 0.25) is 5.02 Å². The van der Waals surface area contributed by atoms with E-state index in [2.05, 4.69) is 5.32 Å². The highest BCUT2D eigenvalue weighted by molar-refractivity contribution is 7.10. The summed E-state index contributed by atoms with van der Waals surface area (Å²) in [5.74, 6) is -1.67. The predicted octanol–water partition coefficient (Wildman–Crippen LogP) is 4.69. The lowest BCUT2D eigenvalue weighted by Crippen LogP contribution is -2.22. The number of benzene rings is 1. The van der Waals surface area contributed by atoms with Gasteiger partial charge in [-0.15, -0.1) is 11.3 Å². The summed E-state index contributed by atoms with van der Waals surface area (Å²) in [5.41, 5.74) is 1.23. The van der Waals surface area contributed by atoms with Crippen LogP contribution in [-0.2, 0) is 0 Å². The summed E-state index contributed by atoms with van der Waals surface area (Å²) in [7, 11) is 0. The zero-order valence-electron chi connectivity index (χ0n) is 10.6. The monoisotopic (exact) mass is 301 g/mol. The highest BCUT2D eigenvalue weighted by Crippen LogP contribution is 2.36. The number of thiophene rings is 1. The quantitative estimate of drug-likeness (QED) is 0.864. The van der Waals surface area contributed by atoms with Gasteiger partial charge in [0, 0.05) is 10.4 Å². The molecule has 0 spiro atoms. The van der Waals surface area contributed by atoms with E-state index in [4.69, 9.17) is 11.6 Å². The van der Waals surface area contributed by atoms with Gasteiger partial charge >= 0.3 is 0 Å². The van der Waals surface area contributed by atoms with Crippen LogP contribution < -0.4 is 5.32 Å². The average Bonchev–Trinajstić information content (AvgIpc) is 2.71. The summed E-state index contributed by atoms with van der Waals surface area (Å²) in [6.45, 7) is 4.44. The fourth-order valence-electron chi connectivity index (χ4n) is 1.94. The second-order valence-corrected chi connectivity index (χ2v) is 5.52. The molecule has 1 heterocycles. The number of nitrogens with one attached hydrogen (secondary N) is 1. The van der Waals surface area contributed by atoms with E-state index < -0.39 is 17.7 Å². The summed E-state index contributed by atoms with van der Waals surface area (Å²) in [5, 5.41) is 5.68. The molecule has 0 aliphatic heterocycles. The Kier molecular flexibility index (Phi) is 4.55. The van der Waals surface area contributed by atoms with Gasteiger partial charge in [0.15, 0.2) is 11.6 Å². The lowest BCUT2D eigenvalue weighted by Gasteiger charge is -2.18. The van der Waals surface area contributed by atoms with Gasteiger partial charge in [-0.25, -0.2) is 8.78 Å². The van der Waals surface area contributed by atoms with Gasteiger partial charge in [0.2, 0.25) is 0 Å². The average molecular weight is 302 g/mol. The Bertz CT molecular complexity index is 583. The van der Waals surface area contributed by atoms with Crippen LogP contribution in [0.5, 0.6) is 0 Å². The highest BCUT2D eigenvalue weighted by Gasteiger charge is 2.23. The van der Waals surface area contributed by atoms with Crippen molar-refractivity contribution in [1.29, 1.82) is 0 Å². The van der Waals surface area contributed by atoms with Crippen LogP contribution in [0.1, 0.15) is 29.0 Å². The molecule has 1 aromatic heterocycles. The van der Waals surface area contributed by atoms with Crippen molar-refractivity contribution in [2.45, 2.75) is 19.9 Å². The van der Waals surface area contributed by atoms with Crippen LogP contribution in [0.4, 0.5) is 8.78 Å². The number of hydrogen-bond acceptors (Lipinski definition) is 2. The standard InChI is InChI=1S/C14H14ClF2NS/c1-3-18-13(14-11(15)8(2)7-19-14)9-5-4-6-10(16)12(9)17/h4-7,13,18H,3H2,1-2H3. The van der Waals surface area contributed by atoms with Crippen molar-refractivity contribution in [2.24, 2.45) is 0 Å². The summed E-state index contributed by atoms with van der Waals surface area (Å²) in [4.78, 5) is 0.811. The van der Waals surface area contributed by atoms with Crippen molar-refractivity contribution >= 4 is 22.9 Å². The molecule has 1 N–H and O–H groups in total. The van der Waals surface area contributed by atoms with Crippen LogP contribution in [0.3, 0.4) is 0 Å². The smallest absolute Gasteiger partial charge is 0.163 e. The van der Waals surface area contributed by atoms with Gasteiger partial charge < -0.3 is 5.32 Å². The Morgan fingerprint density at radius 3 is 2.68 bits per heavy atom. The molecule has 0 amide bonds. The molecule has 2 rings (SSSR count). The molecule has 1 nitrogen and oxygen atoms in total. The van der Waals surface area contributed by atoms with Gasteiger partial charge in [0.05, 0.1) is 11.1 Å². The third kappa shape index (κ3) is 2.81. The molecule has 1 unspecified atom stereocenters. The van der Waals surface area contributed by atoms with Crippen molar-refractivity contribution in [3.8, 4) is 0 Å². The first-order valence-corrected chi connectivity index (χ1v) is 7.22. The van der Waals surface area contributed by atoms with E-state index in [0.29, 0.717) is 11.6 Å². The van der Waals surface area contributed by atoms with Crippen molar-refractivity contribution < 1.29 is 8.78 Å². The van der Waals surface area contributed by atoms with Gasteiger partial charge in [-0.1, -0.05) is 30.7 Å². The topological polar surface area (TPSA) is 12.0 Å². The minimum atomic E-state index is -0.843. The van der Waals surface area contributed by atoms with Crippen molar-refractivity contribution in [3.63, 3.8) is 0 Å². The Morgan fingerprint density at radius 2 is 2.11 bits per heavy atom. The maximum Gasteiger partial charge on any atom is 0.163 e. The molecular weight excluding hydrogens is 288 g/mol. The molecule has 0 radical (unpaired) electrons. The second kappa shape index (κ2) is 5.99. The van der Waals surface area contributed by atoms with Gasteiger partial charge in [-0.3, -0.25) is 0 Å². The van der Waals surface area contributed by atoms with E-state index >= 15 is 0 Å². The van der Waals surface area contributed by atoms with Gasteiger partial charge in [-0.05, 0) is 30.5 Å². The third-order valence-corrected chi connectivity index (χ3v) is 4.67. The molecule has 0 fully saturated rings. The second-order valence-electron chi connectivity index (χ2n) is 4.23. The van der Waals surface area contributed by atoms with Crippen LogP contribution in [-0.4, -0.2) is 6.54 Å². The molecule has 19 heavy (non-hydrogen) atoms. The maximum absolute atomic E-state index is 13.9. The summed E-state index contributed by atoms with van der Waals surface area (Å²) in [6.07, 6.45) is 0. The molecule has 1 aromatic carbocycles. The number of hydrogen-bond donors (Lipinski definition) is 1. The van der Waals surface area contributed by atoms with Crippen molar-refractivity contribution in [2.75, 3.05) is 6.54 Å². The molecule has 0 saturated heterocycles. The summed E-state index contributed by atoms with van der Waals surface area (Å²) >= 11 is 7.69. The first-order chi connectivity index (χ1) is 9.06. The van der Waals surface area contributed by atoms with Gasteiger partial charge in [0.25, 0.3) is 0 Å². The van der Waals surface area contributed by atoms with Crippen molar-refractivity contribution in [3.05, 3.63) is 56.2 Å². The van der Waals surface area contributed by atoms with Gasteiger partial charge in [-0.2, -0.15) is 0 Å². The fraction of sp³-hybridized carbons (Fsp3) is 0.286. The van der Waals surface area contributed by atoms with E-state index in [1.807, 2.05) is 19.2 Å². The predicted molar refractivity (Wildman–Crippen MR) is 75.9 cm³/mol. The van der Waals surface area contributed by atoms with E-state index in [-0.39, 0.29) is 5.56 Å². The number of halogens is 3. The van der Waals surface area contributed by atoms with Crippen LogP contribution in [0.15, 0.2) is 23.6 Å². The maximum atomic E-state index is 13.9. The lowest BCUT2D eigenvalue weighted by molar-refractivity contribution is 0.484. The van der Waals surface area contributed by atoms with E-state index in [0.717, 1.165) is 16.5 Å². The van der Waals surface area contributed by atoms with Crippen molar-refractivity contribution in [1.82, 2.24) is 5.32 Å². The Hall–Kier alpha value is -0.970. The molecule has 0 aliphatic carbocycles. The highest BCUT2D eigenvalue weighted by atomic mass is 35.5. The summed E-state index contributed by atoms with van der Waals surface area (Å²) < 4.78 is 27.3. The molecule has 0 bridgehead atoms. The van der Waals surface area contributed by atoms with E-state index in [1.54, 1.807) is 6.07 Å². The zero-order chi connectivity index (χ0) is 14.0. The Balaban J connectivity index is 2.51. The molecule has 5 heteroatoms. The molecule has 0 aliphatic rings. The Morgan fingerprint density at radius 1 is 1.37 bits per heavy atom. The third-order valence-electron chi connectivity index (χ3n) is 2.89. The van der Waals surface area contributed by atoms with Crippen LogP contribution >= 0.6 is 22.9 Å². The number of rotatable bonds is 4. The fourth-order valence-corrected chi connectivity index (χ4v) is 3.33. The minimum absolute atomic E-state index is 0.283.